The first-order chi connectivity index (χ1) is 16.2. The van der Waals surface area contributed by atoms with Gasteiger partial charge in [0.15, 0.2) is 5.76 Å². The summed E-state index contributed by atoms with van der Waals surface area (Å²) >= 11 is 0. The molecule has 0 fully saturated rings. The first kappa shape index (κ1) is 29.9. The van der Waals surface area contributed by atoms with Crippen molar-refractivity contribution in [3.8, 4) is 0 Å². The summed E-state index contributed by atoms with van der Waals surface area (Å²) in [4.78, 5) is 37.3. The number of hydrogen-bond donors (Lipinski definition) is 1. The number of carbonyl (C=O) groups is 3. The van der Waals surface area contributed by atoms with Crippen molar-refractivity contribution < 1.29 is 23.9 Å². The van der Waals surface area contributed by atoms with Crippen LogP contribution in [0.2, 0.25) is 0 Å². The van der Waals surface area contributed by atoms with Crippen LogP contribution in [-0.4, -0.2) is 36.8 Å². The zero-order chi connectivity index (χ0) is 25.4. The summed E-state index contributed by atoms with van der Waals surface area (Å²) in [5, 5.41) is 3.03. The highest BCUT2D eigenvalue weighted by molar-refractivity contribution is 6.21. The third-order valence-corrected chi connectivity index (χ3v) is 5.82. The van der Waals surface area contributed by atoms with E-state index in [0.717, 1.165) is 19.3 Å². The van der Waals surface area contributed by atoms with Gasteiger partial charge in [-0.05, 0) is 40.0 Å². The van der Waals surface area contributed by atoms with Gasteiger partial charge in [0, 0.05) is 24.6 Å². The van der Waals surface area contributed by atoms with E-state index in [4.69, 9.17) is 9.47 Å². The van der Waals surface area contributed by atoms with Gasteiger partial charge >= 0.3 is 5.97 Å². The molecule has 6 heteroatoms. The highest BCUT2D eigenvalue weighted by Crippen LogP contribution is 2.24. The molecular weight excluding hydrogens is 430 g/mol. The van der Waals surface area contributed by atoms with Crippen LogP contribution < -0.4 is 5.32 Å². The highest BCUT2D eigenvalue weighted by atomic mass is 16.6. The first-order valence-corrected chi connectivity index (χ1v) is 13.2. The summed E-state index contributed by atoms with van der Waals surface area (Å²) in [5.74, 6) is -0.569. The molecule has 6 nitrogen and oxygen atoms in total. The largest absolute Gasteiger partial charge is 0.492 e. The fraction of sp³-hybridized carbons (Fsp3) is 0.750. The minimum absolute atomic E-state index is 0.163. The Labute approximate surface area is 206 Å². The molecule has 0 saturated heterocycles. The second-order valence-corrected chi connectivity index (χ2v) is 10.2. The van der Waals surface area contributed by atoms with Crippen LogP contribution >= 0.6 is 0 Å². The van der Waals surface area contributed by atoms with Gasteiger partial charge in [-0.3, -0.25) is 14.4 Å². The lowest BCUT2D eigenvalue weighted by Crippen LogP contribution is -2.30. The van der Waals surface area contributed by atoms with Gasteiger partial charge in [0.2, 0.25) is 11.6 Å². The Bertz CT molecular complexity index is 715. The van der Waals surface area contributed by atoms with Crippen LogP contribution in [0, 0.1) is 0 Å². The lowest BCUT2D eigenvalue weighted by Gasteiger charge is -2.20. The maximum Gasteiger partial charge on any atom is 0.306 e. The molecule has 0 unspecified atom stereocenters. The number of ketones is 2. The van der Waals surface area contributed by atoms with E-state index < -0.39 is 5.60 Å². The quantitative estimate of drug-likeness (QED) is 0.141. The molecule has 0 heterocycles. The normalized spacial score (nSPS) is 14.3. The number of esters is 1. The second-order valence-electron chi connectivity index (χ2n) is 10.2. The number of nitrogens with one attached hydrogen (secondary N) is 1. The molecular formula is C28H47NO5. The number of allylic oxidation sites excluding steroid dienone is 2. The molecule has 0 aliphatic heterocycles. The summed E-state index contributed by atoms with van der Waals surface area (Å²) < 4.78 is 10.6. The molecule has 1 aliphatic rings. The maximum absolute atomic E-state index is 13.0. The van der Waals surface area contributed by atoms with Crippen LogP contribution in [0.5, 0.6) is 0 Å². The fourth-order valence-corrected chi connectivity index (χ4v) is 4.07. The van der Waals surface area contributed by atoms with Crippen LogP contribution in [0.4, 0.5) is 0 Å². The summed E-state index contributed by atoms with van der Waals surface area (Å²) in [5.41, 5.74) is 0.233. The van der Waals surface area contributed by atoms with Crippen LogP contribution in [-0.2, 0) is 23.9 Å². The zero-order valence-electron chi connectivity index (χ0n) is 22.2. The summed E-state index contributed by atoms with van der Waals surface area (Å²) in [7, 11) is 1.44. The van der Waals surface area contributed by atoms with Crippen LogP contribution in [0.1, 0.15) is 118 Å². The zero-order valence-corrected chi connectivity index (χ0v) is 22.2. The molecule has 0 radical (unpaired) electrons. The van der Waals surface area contributed by atoms with E-state index in [0.29, 0.717) is 25.0 Å². The molecule has 0 bridgehead atoms. The SMILES string of the molecule is CCCCCCCCCCCCCC1=C(OC)C(=O)C=C(NCCCC(=O)OC(C)(C)C)C1=O. The lowest BCUT2D eigenvalue weighted by molar-refractivity contribution is -0.154. The Morgan fingerprint density at radius 2 is 1.44 bits per heavy atom. The number of rotatable bonds is 18. The van der Waals surface area contributed by atoms with Gasteiger partial charge in [0.05, 0.1) is 12.8 Å². The van der Waals surface area contributed by atoms with Crippen LogP contribution in [0.3, 0.4) is 0 Å². The monoisotopic (exact) mass is 477 g/mol. The average Bonchev–Trinajstić information content (AvgIpc) is 2.76. The average molecular weight is 478 g/mol. The van der Waals surface area contributed by atoms with E-state index >= 15 is 0 Å². The Balaban J connectivity index is 2.36. The molecule has 34 heavy (non-hydrogen) atoms. The van der Waals surface area contributed by atoms with Crippen molar-refractivity contribution in [2.45, 2.75) is 123 Å². The molecule has 1 rings (SSSR count). The van der Waals surface area contributed by atoms with E-state index in [-0.39, 0.29) is 35.4 Å². The van der Waals surface area contributed by atoms with E-state index in [9.17, 15) is 14.4 Å². The second kappa shape index (κ2) is 16.5. The molecule has 0 spiro atoms. The Morgan fingerprint density at radius 3 is 1.97 bits per heavy atom. The number of Topliss-reactive ketones (excluding diaryl/α,β-unsaturated/α-hetero) is 1. The molecule has 0 aromatic rings. The molecule has 1 aliphatic carbocycles. The summed E-state index contributed by atoms with van der Waals surface area (Å²) in [6.45, 7) is 8.15. The fourth-order valence-electron chi connectivity index (χ4n) is 4.07. The summed E-state index contributed by atoms with van der Waals surface area (Å²) in [6.07, 6.45) is 16.2. The molecule has 1 N–H and O–H groups in total. The maximum atomic E-state index is 13.0. The minimum atomic E-state index is -0.511. The van der Waals surface area contributed by atoms with Gasteiger partial charge in [-0.1, -0.05) is 71.1 Å². The molecule has 0 amide bonds. The van der Waals surface area contributed by atoms with Crippen molar-refractivity contribution >= 4 is 17.5 Å². The van der Waals surface area contributed by atoms with Gasteiger partial charge in [-0.15, -0.1) is 0 Å². The Morgan fingerprint density at radius 1 is 0.882 bits per heavy atom. The standard InChI is InChI=1S/C28H47NO5/c1-6-7-8-9-10-11-12-13-14-15-16-18-22-26(32)23(21-24(30)27(22)33-5)29-20-17-19-25(31)34-28(2,3)4/h21,29H,6-20H2,1-5H3. The van der Waals surface area contributed by atoms with Crippen molar-refractivity contribution in [2.24, 2.45) is 0 Å². The van der Waals surface area contributed by atoms with E-state index in [1.54, 1.807) is 0 Å². The van der Waals surface area contributed by atoms with Crippen molar-refractivity contribution in [3.63, 3.8) is 0 Å². The molecule has 0 aromatic carbocycles. The van der Waals surface area contributed by atoms with Gasteiger partial charge in [-0.2, -0.15) is 0 Å². The third kappa shape index (κ3) is 12.4. The van der Waals surface area contributed by atoms with Crippen LogP contribution in [0.15, 0.2) is 23.1 Å². The third-order valence-electron chi connectivity index (χ3n) is 5.82. The smallest absolute Gasteiger partial charge is 0.306 e. The predicted molar refractivity (Wildman–Crippen MR) is 136 cm³/mol. The van der Waals surface area contributed by atoms with Crippen molar-refractivity contribution in [1.29, 1.82) is 0 Å². The minimum Gasteiger partial charge on any atom is -0.492 e. The Hall–Kier alpha value is -2.11. The molecule has 194 valence electrons. The number of unbranched alkanes of at least 4 members (excludes halogenated alkanes) is 10. The van der Waals surface area contributed by atoms with Gasteiger partial charge in [0.25, 0.3) is 0 Å². The molecule has 0 aromatic heterocycles. The van der Waals surface area contributed by atoms with Crippen molar-refractivity contribution in [3.05, 3.63) is 23.1 Å². The highest BCUT2D eigenvalue weighted by Gasteiger charge is 2.29. The van der Waals surface area contributed by atoms with Crippen molar-refractivity contribution in [2.75, 3.05) is 13.7 Å². The lowest BCUT2D eigenvalue weighted by atomic mass is 9.93. The summed E-state index contributed by atoms with van der Waals surface area (Å²) in [6, 6.07) is 0. The van der Waals surface area contributed by atoms with Crippen LogP contribution in [0.25, 0.3) is 0 Å². The van der Waals surface area contributed by atoms with E-state index in [2.05, 4.69) is 12.2 Å². The predicted octanol–water partition coefficient (Wildman–Crippen LogP) is 6.34. The van der Waals surface area contributed by atoms with Gasteiger partial charge in [0.1, 0.15) is 5.60 Å². The van der Waals surface area contributed by atoms with Gasteiger partial charge in [-0.25, -0.2) is 0 Å². The molecule has 0 saturated carbocycles. The number of carbonyl (C=O) groups excluding carboxylic acids is 3. The van der Waals surface area contributed by atoms with Gasteiger partial charge < -0.3 is 14.8 Å². The number of hydrogen-bond acceptors (Lipinski definition) is 6. The number of ether oxygens (including phenoxy) is 2. The Kier molecular flexibility index (Phi) is 14.5. The van der Waals surface area contributed by atoms with Crippen molar-refractivity contribution in [1.82, 2.24) is 5.32 Å². The first-order valence-electron chi connectivity index (χ1n) is 13.2. The van der Waals surface area contributed by atoms with E-state index in [1.807, 2.05) is 20.8 Å². The van der Waals surface area contributed by atoms with E-state index in [1.165, 1.54) is 64.6 Å². The topological polar surface area (TPSA) is 81.7 Å². The number of methoxy groups -OCH3 is 1. The molecule has 0 atom stereocenters.